The smallest absolute Gasteiger partial charge is 0.312 e. The highest BCUT2D eigenvalue weighted by Crippen LogP contribution is 2.31. The zero-order chi connectivity index (χ0) is 18.5. The highest BCUT2D eigenvalue weighted by atomic mass is 16.2. The molecule has 0 saturated carbocycles. The molecule has 0 aliphatic carbocycles. The van der Waals surface area contributed by atoms with Crippen LogP contribution in [-0.4, -0.2) is 59.9 Å². The number of primary amides is 1. The molecule has 0 spiro atoms. The summed E-state index contributed by atoms with van der Waals surface area (Å²) in [7, 11) is 0. The van der Waals surface area contributed by atoms with Gasteiger partial charge in [0, 0.05) is 32.1 Å². The predicted molar refractivity (Wildman–Crippen MR) is 97.2 cm³/mol. The van der Waals surface area contributed by atoms with Crippen molar-refractivity contribution in [1.29, 1.82) is 0 Å². The Balaban J connectivity index is 1.58. The topological polar surface area (TPSA) is 95.7 Å². The fourth-order valence-electron chi connectivity index (χ4n) is 4.04. The van der Waals surface area contributed by atoms with Gasteiger partial charge >= 0.3 is 6.03 Å². The molecule has 1 aromatic rings. The van der Waals surface area contributed by atoms with Crippen LogP contribution in [0.4, 0.5) is 4.79 Å². The van der Waals surface area contributed by atoms with Gasteiger partial charge in [-0.2, -0.15) is 0 Å². The molecule has 2 heterocycles. The SMILES string of the molecule is NC(=O)NCC(=O)N1CC[C@@H]2[C@@H](CCC(=O)N2CCc2ccccc2)C1. The molecule has 0 bridgehead atoms. The van der Waals surface area contributed by atoms with E-state index in [-0.39, 0.29) is 24.4 Å². The predicted octanol–water partition coefficient (Wildman–Crippen LogP) is 0.737. The molecule has 0 unspecified atom stereocenters. The molecule has 7 heteroatoms. The van der Waals surface area contributed by atoms with Crippen LogP contribution in [0.3, 0.4) is 0 Å². The number of fused-ring (bicyclic) bond motifs is 1. The molecule has 2 aliphatic rings. The van der Waals surface area contributed by atoms with Gasteiger partial charge in [-0.15, -0.1) is 0 Å². The maximum absolute atomic E-state index is 12.4. The molecule has 7 nitrogen and oxygen atoms in total. The molecule has 2 atom stereocenters. The number of nitrogens with two attached hydrogens (primary N) is 1. The normalized spacial score (nSPS) is 22.7. The van der Waals surface area contributed by atoms with Crippen molar-refractivity contribution in [3.05, 3.63) is 35.9 Å². The van der Waals surface area contributed by atoms with Gasteiger partial charge in [-0.3, -0.25) is 9.59 Å². The molecule has 3 rings (SSSR count). The quantitative estimate of drug-likeness (QED) is 0.812. The van der Waals surface area contributed by atoms with Crippen molar-refractivity contribution >= 4 is 17.8 Å². The molecule has 2 fully saturated rings. The van der Waals surface area contributed by atoms with E-state index in [0.29, 0.717) is 25.4 Å². The van der Waals surface area contributed by atoms with Crippen molar-refractivity contribution in [2.24, 2.45) is 11.7 Å². The maximum atomic E-state index is 12.4. The van der Waals surface area contributed by atoms with Gasteiger partial charge < -0.3 is 20.9 Å². The Bertz CT molecular complexity index is 664. The zero-order valence-electron chi connectivity index (χ0n) is 14.9. The molecule has 0 aromatic heterocycles. The lowest BCUT2D eigenvalue weighted by Crippen LogP contribution is -2.58. The number of nitrogens with one attached hydrogen (secondary N) is 1. The van der Waals surface area contributed by atoms with Crippen molar-refractivity contribution < 1.29 is 14.4 Å². The van der Waals surface area contributed by atoms with Crippen molar-refractivity contribution in [2.75, 3.05) is 26.2 Å². The van der Waals surface area contributed by atoms with E-state index in [2.05, 4.69) is 17.4 Å². The lowest BCUT2D eigenvalue weighted by Gasteiger charge is -2.47. The van der Waals surface area contributed by atoms with Gasteiger partial charge in [0.2, 0.25) is 11.8 Å². The molecule has 0 radical (unpaired) electrons. The van der Waals surface area contributed by atoms with Crippen LogP contribution in [0.1, 0.15) is 24.8 Å². The van der Waals surface area contributed by atoms with Crippen LogP contribution >= 0.6 is 0 Å². The molecule has 2 aliphatic heterocycles. The van der Waals surface area contributed by atoms with Gasteiger partial charge in [-0.1, -0.05) is 30.3 Å². The fraction of sp³-hybridized carbons (Fsp3) is 0.526. The van der Waals surface area contributed by atoms with Crippen molar-refractivity contribution in [1.82, 2.24) is 15.1 Å². The average molecular weight is 358 g/mol. The van der Waals surface area contributed by atoms with Crippen LogP contribution in [-0.2, 0) is 16.0 Å². The van der Waals surface area contributed by atoms with E-state index in [1.165, 1.54) is 5.56 Å². The molecule has 3 N–H and O–H groups in total. The molecule has 26 heavy (non-hydrogen) atoms. The van der Waals surface area contributed by atoms with Gasteiger partial charge in [0.15, 0.2) is 0 Å². The van der Waals surface area contributed by atoms with E-state index in [1.807, 2.05) is 23.1 Å². The Hall–Kier alpha value is -2.57. The lowest BCUT2D eigenvalue weighted by molar-refractivity contribution is -0.143. The summed E-state index contributed by atoms with van der Waals surface area (Å²) in [6.45, 7) is 1.90. The molecular formula is C19H26N4O3. The Morgan fingerprint density at radius 1 is 1.19 bits per heavy atom. The van der Waals surface area contributed by atoms with Crippen LogP contribution in [0.15, 0.2) is 30.3 Å². The standard InChI is InChI=1S/C19H26N4O3/c20-19(26)21-12-18(25)22-10-9-16-15(13-22)6-7-17(24)23(16)11-8-14-4-2-1-3-5-14/h1-5,15-16H,6-13H2,(H3,20,21,26)/t15-,16+/m0/s1. The van der Waals surface area contributed by atoms with Crippen molar-refractivity contribution in [3.8, 4) is 0 Å². The number of likely N-dealkylation sites (tertiary alicyclic amines) is 2. The summed E-state index contributed by atoms with van der Waals surface area (Å²) < 4.78 is 0. The first-order chi connectivity index (χ1) is 12.5. The fourth-order valence-corrected chi connectivity index (χ4v) is 4.04. The highest BCUT2D eigenvalue weighted by Gasteiger charge is 2.39. The molecular weight excluding hydrogens is 332 g/mol. The minimum atomic E-state index is -0.691. The third kappa shape index (κ3) is 4.33. The van der Waals surface area contributed by atoms with Crippen LogP contribution in [0, 0.1) is 5.92 Å². The largest absolute Gasteiger partial charge is 0.352 e. The summed E-state index contributed by atoms with van der Waals surface area (Å²) >= 11 is 0. The van der Waals surface area contributed by atoms with E-state index >= 15 is 0 Å². The highest BCUT2D eigenvalue weighted by molar-refractivity contribution is 5.83. The van der Waals surface area contributed by atoms with E-state index < -0.39 is 6.03 Å². The number of rotatable bonds is 5. The summed E-state index contributed by atoms with van der Waals surface area (Å²) in [5.41, 5.74) is 6.26. The molecule has 140 valence electrons. The summed E-state index contributed by atoms with van der Waals surface area (Å²) in [4.78, 5) is 39.2. The Morgan fingerprint density at radius 3 is 2.69 bits per heavy atom. The number of benzene rings is 1. The van der Waals surface area contributed by atoms with E-state index in [9.17, 15) is 14.4 Å². The number of piperidine rings is 2. The lowest BCUT2D eigenvalue weighted by atomic mass is 9.83. The maximum Gasteiger partial charge on any atom is 0.312 e. The first-order valence-electron chi connectivity index (χ1n) is 9.19. The number of amides is 4. The van der Waals surface area contributed by atoms with Gasteiger partial charge in [0.1, 0.15) is 0 Å². The number of carbonyl (C=O) groups is 3. The Labute approximate surface area is 153 Å². The van der Waals surface area contributed by atoms with Crippen LogP contribution in [0.2, 0.25) is 0 Å². The second kappa shape index (κ2) is 8.21. The first kappa shape index (κ1) is 18.2. The van der Waals surface area contributed by atoms with Gasteiger partial charge in [0.25, 0.3) is 0 Å². The summed E-state index contributed by atoms with van der Waals surface area (Å²) in [6, 6.07) is 9.70. The minimum Gasteiger partial charge on any atom is -0.352 e. The zero-order valence-corrected chi connectivity index (χ0v) is 14.9. The van der Waals surface area contributed by atoms with Gasteiger partial charge in [-0.25, -0.2) is 4.79 Å². The van der Waals surface area contributed by atoms with E-state index in [1.54, 1.807) is 4.90 Å². The van der Waals surface area contributed by atoms with Crippen molar-refractivity contribution in [2.45, 2.75) is 31.7 Å². The molecule has 4 amide bonds. The van der Waals surface area contributed by atoms with Crippen LogP contribution < -0.4 is 11.1 Å². The number of nitrogens with zero attached hydrogens (tertiary/aromatic N) is 2. The average Bonchev–Trinajstić information content (AvgIpc) is 2.65. The third-order valence-corrected chi connectivity index (χ3v) is 5.39. The van der Waals surface area contributed by atoms with E-state index in [4.69, 9.17) is 5.73 Å². The Kier molecular flexibility index (Phi) is 5.75. The number of carbonyl (C=O) groups excluding carboxylic acids is 3. The van der Waals surface area contributed by atoms with Crippen molar-refractivity contribution in [3.63, 3.8) is 0 Å². The Morgan fingerprint density at radius 2 is 1.96 bits per heavy atom. The summed E-state index contributed by atoms with van der Waals surface area (Å²) in [5.74, 6) is 0.405. The number of hydrogen-bond acceptors (Lipinski definition) is 3. The number of urea groups is 1. The second-order valence-electron chi connectivity index (χ2n) is 7.04. The number of hydrogen-bond donors (Lipinski definition) is 2. The third-order valence-electron chi connectivity index (χ3n) is 5.39. The van der Waals surface area contributed by atoms with Crippen LogP contribution in [0.25, 0.3) is 0 Å². The van der Waals surface area contributed by atoms with E-state index in [0.717, 1.165) is 25.8 Å². The minimum absolute atomic E-state index is 0.0661. The van der Waals surface area contributed by atoms with Gasteiger partial charge in [-0.05, 0) is 30.7 Å². The second-order valence-corrected chi connectivity index (χ2v) is 7.04. The monoisotopic (exact) mass is 358 g/mol. The van der Waals surface area contributed by atoms with Gasteiger partial charge in [0.05, 0.1) is 6.54 Å². The molecule has 1 aromatic carbocycles. The molecule has 2 saturated heterocycles. The summed E-state index contributed by atoms with van der Waals surface area (Å²) in [6.07, 6.45) is 2.99. The summed E-state index contributed by atoms with van der Waals surface area (Å²) in [5, 5.41) is 2.35. The van der Waals surface area contributed by atoms with Crippen LogP contribution in [0.5, 0.6) is 0 Å². The first-order valence-corrected chi connectivity index (χ1v) is 9.19.